The standard InChI is InChI=1S/C12H9FN2OS/c1-7-3-4-8(10(13)5-7)11-9(6-14)12(16-2)15-17-11/h3-5H,1-2H3. The van der Waals surface area contributed by atoms with Gasteiger partial charge in [-0.2, -0.15) is 9.64 Å². The van der Waals surface area contributed by atoms with Crippen LogP contribution >= 0.6 is 11.5 Å². The van der Waals surface area contributed by atoms with Gasteiger partial charge in [0.15, 0.2) is 0 Å². The van der Waals surface area contributed by atoms with Crippen molar-refractivity contribution < 1.29 is 9.13 Å². The molecule has 2 rings (SSSR count). The zero-order valence-corrected chi connectivity index (χ0v) is 10.1. The first-order valence-electron chi connectivity index (χ1n) is 4.87. The monoisotopic (exact) mass is 248 g/mol. The maximum Gasteiger partial charge on any atom is 0.243 e. The summed E-state index contributed by atoms with van der Waals surface area (Å²) in [6, 6.07) is 6.87. The third kappa shape index (κ3) is 1.99. The van der Waals surface area contributed by atoms with E-state index in [1.54, 1.807) is 12.1 Å². The van der Waals surface area contributed by atoms with Crippen LogP contribution in [0.1, 0.15) is 11.1 Å². The molecule has 0 N–H and O–H groups in total. The molecular weight excluding hydrogens is 239 g/mol. The Bertz CT molecular complexity index is 601. The molecule has 0 atom stereocenters. The van der Waals surface area contributed by atoms with Crippen molar-refractivity contribution in [2.45, 2.75) is 6.92 Å². The second-order valence-corrected chi connectivity index (χ2v) is 4.26. The van der Waals surface area contributed by atoms with Crippen molar-refractivity contribution in [2.24, 2.45) is 0 Å². The van der Waals surface area contributed by atoms with E-state index < -0.39 is 0 Å². The lowest BCUT2D eigenvalue weighted by atomic mass is 10.1. The van der Waals surface area contributed by atoms with E-state index in [4.69, 9.17) is 10.00 Å². The van der Waals surface area contributed by atoms with Crippen molar-refractivity contribution in [3.05, 3.63) is 35.1 Å². The summed E-state index contributed by atoms with van der Waals surface area (Å²) in [5.74, 6) is -0.111. The second kappa shape index (κ2) is 4.52. The number of nitriles is 1. The third-order valence-corrected chi connectivity index (χ3v) is 3.20. The van der Waals surface area contributed by atoms with Gasteiger partial charge in [-0.15, -0.1) is 0 Å². The first-order chi connectivity index (χ1) is 8.17. The summed E-state index contributed by atoms with van der Waals surface area (Å²) < 4.78 is 22.7. The van der Waals surface area contributed by atoms with Crippen LogP contribution in [0.3, 0.4) is 0 Å². The highest BCUT2D eigenvalue weighted by Gasteiger charge is 2.18. The first kappa shape index (κ1) is 11.6. The van der Waals surface area contributed by atoms with E-state index in [-0.39, 0.29) is 17.3 Å². The van der Waals surface area contributed by atoms with Gasteiger partial charge in [-0.3, -0.25) is 0 Å². The first-order valence-corrected chi connectivity index (χ1v) is 5.65. The van der Waals surface area contributed by atoms with Crippen molar-refractivity contribution >= 4 is 11.5 Å². The van der Waals surface area contributed by atoms with Gasteiger partial charge in [0.1, 0.15) is 17.4 Å². The summed E-state index contributed by atoms with van der Waals surface area (Å²) in [6.07, 6.45) is 0. The number of benzene rings is 1. The Hall–Kier alpha value is -1.93. The van der Waals surface area contributed by atoms with Crippen LogP contribution in [0.4, 0.5) is 4.39 Å². The van der Waals surface area contributed by atoms with Crippen molar-refractivity contribution in [3.63, 3.8) is 0 Å². The predicted octanol–water partition coefficient (Wildman–Crippen LogP) is 3.14. The van der Waals surface area contributed by atoms with Gasteiger partial charge in [0, 0.05) is 5.56 Å². The predicted molar refractivity (Wildman–Crippen MR) is 63.5 cm³/mol. The smallest absolute Gasteiger partial charge is 0.243 e. The Morgan fingerprint density at radius 3 is 2.82 bits per heavy atom. The fourth-order valence-corrected chi connectivity index (χ4v) is 2.33. The maximum atomic E-state index is 13.8. The van der Waals surface area contributed by atoms with Crippen LogP contribution < -0.4 is 4.74 Å². The molecule has 17 heavy (non-hydrogen) atoms. The van der Waals surface area contributed by atoms with Gasteiger partial charge >= 0.3 is 0 Å². The van der Waals surface area contributed by atoms with Gasteiger partial charge in [-0.1, -0.05) is 12.1 Å². The van der Waals surface area contributed by atoms with Gasteiger partial charge in [0.05, 0.1) is 12.0 Å². The lowest BCUT2D eigenvalue weighted by Crippen LogP contribution is -1.88. The van der Waals surface area contributed by atoms with Crippen molar-refractivity contribution in [2.75, 3.05) is 7.11 Å². The quantitative estimate of drug-likeness (QED) is 0.820. The number of rotatable bonds is 2. The molecule has 3 nitrogen and oxygen atoms in total. The number of aryl methyl sites for hydroxylation is 1. The lowest BCUT2D eigenvalue weighted by Gasteiger charge is -2.01. The summed E-state index contributed by atoms with van der Waals surface area (Å²) >= 11 is 1.06. The van der Waals surface area contributed by atoms with Gasteiger partial charge in [-0.05, 0) is 30.1 Å². The van der Waals surface area contributed by atoms with Gasteiger partial charge in [0.2, 0.25) is 5.88 Å². The molecule has 0 amide bonds. The van der Waals surface area contributed by atoms with Gasteiger partial charge in [0.25, 0.3) is 0 Å². The van der Waals surface area contributed by atoms with E-state index in [0.717, 1.165) is 17.1 Å². The summed E-state index contributed by atoms with van der Waals surface area (Å²) in [5, 5.41) is 9.04. The molecule has 0 saturated heterocycles. The summed E-state index contributed by atoms with van der Waals surface area (Å²) in [6.45, 7) is 1.81. The van der Waals surface area contributed by atoms with Crippen LogP contribution in [0.15, 0.2) is 18.2 Å². The molecule has 0 spiro atoms. The Labute approximate surface area is 102 Å². The Kier molecular flexibility index (Phi) is 3.07. The Morgan fingerprint density at radius 1 is 1.47 bits per heavy atom. The minimum atomic E-state index is -0.354. The molecule has 0 aliphatic heterocycles. The fraction of sp³-hybridized carbons (Fsp3) is 0.167. The summed E-state index contributed by atoms with van der Waals surface area (Å²) in [7, 11) is 1.44. The molecular formula is C12H9FN2OS. The maximum absolute atomic E-state index is 13.8. The molecule has 0 saturated carbocycles. The van der Waals surface area contributed by atoms with Crippen LogP contribution in [-0.4, -0.2) is 11.5 Å². The van der Waals surface area contributed by atoms with Crippen LogP contribution in [0, 0.1) is 24.1 Å². The molecule has 0 aliphatic rings. The van der Waals surface area contributed by atoms with E-state index in [2.05, 4.69) is 4.37 Å². The molecule has 0 aliphatic carbocycles. The number of nitrogens with zero attached hydrogens (tertiary/aromatic N) is 2. The average Bonchev–Trinajstić information content (AvgIpc) is 2.71. The molecule has 1 aromatic carbocycles. The average molecular weight is 248 g/mol. The molecule has 86 valence electrons. The molecule has 0 fully saturated rings. The SMILES string of the molecule is COc1nsc(-c2ccc(C)cc2F)c1C#N. The highest BCUT2D eigenvalue weighted by molar-refractivity contribution is 7.10. The number of hydrogen-bond acceptors (Lipinski definition) is 4. The largest absolute Gasteiger partial charge is 0.479 e. The van der Waals surface area contributed by atoms with Crippen molar-refractivity contribution in [3.8, 4) is 22.4 Å². The van der Waals surface area contributed by atoms with E-state index in [1.807, 2.05) is 13.0 Å². The van der Waals surface area contributed by atoms with E-state index in [1.165, 1.54) is 13.2 Å². The fourth-order valence-electron chi connectivity index (χ4n) is 1.50. The summed E-state index contributed by atoms with van der Waals surface area (Å²) in [5.41, 5.74) is 1.49. The minimum Gasteiger partial charge on any atom is -0.479 e. The third-order valence-electron chi connectivity index (χ3n) is 2.34. The molecule has 1 aromatic heterocycles. The number of ether oxygens (including phenoxy) is 1. The van der Waals surface area contributed by atoms with Gasteiger partial charge < -0.3 is 4.74 Å². The van der Waals surface area contributed by atoms with E-state index >= 15 is 0 Å². The molecule has 0 unspecified atom stereocenters. The number of hydrogen-bond donors (Lipinski definition) is 0. The normalized spacial score (nSPS) is 10.0. The molecule has 0 radical (unpaired) electrons. The van der Waals surface area contributed by atoms with Crippen LogP contribution in [0.25, 0.3) is 10.4 Å². The lowest BCUT2D eigenvalue weighted by molar-refractivity contribution is 0.401. The number of aromatic nitrogens is 1. The van der Waals surface area contributed by atoms with Crippen LogP contribution in [0.5, 0.6) is 5.88 Å². The molecule has 1 heterocycles. The zero-order valence-electron chi connectivity index (χ0n) is 9.32. The van der Waals surface area contributed by atoms with Crippen LogP contribution in [-0.2, 0) is 0 Å². The van der Waals surface area contributed by atoms with Gasteiger partial charge in [-0.25, -0.2) is 4.39 Å². The van der Waals surface area contributed by atoms with E-state index in [9.17, 15) is 4.39 Å². The number of methoxy groups -OCH3 is 1. The Balaban J connectivity index is 2.61. The molecule has 5 heteroatoms. The number of halogens is 1. The van der Waals surface area contributed by atoms with Crippen molar-refractivity contribution in [1.82, 2.24) is 4.37 Å². The highest BCUT2D eigenvalue weighted by atomic mass is 32.1. The Morgan fingerprint density at radius 2 is 2.24 bits per heavy atom. The molecule has 0 bridgehead atoms. The minimum absolute atomic E-state index is 0.243. The van der Waals surface area contributed by atoms with Crippen molar-refractivity contribution in [1.29, 1.82) is 5.26 Å². The van der Waals surface area contributed by atoms with Crippen LogP contribution in [0.2, 0.25) is 0 Å². The second-order valence-electron chi connectivity index (χ2n) is 3.49. The van der Waals surface area contributed by atoms with E-state index in [0.29, 0.717) is 10.4 Å². The molecule has 2 aromatic rings. The zero-order chi connectivity index (χ0) is 12.4. The highest BCUT2D eigenvalue weighted by Crippen LogP contribution is 2.35. The summed E-state index contributed by atoms with van der Waals surface area (Å²) in [4.78, 5) is 0.502. The topological polar surface area (TPSA) is 45.9 Å².